The summed E-state index contributed by atoms with van der Waals surface area (Å²) >= 11 is 0. The maximum absolute atomic E-state index is 12.9. The summed E-state index contributed by atoms with van der Waals surface area (Å²) in [6.45, 7) is 2.32. The summed E-state index contributed by atoms with van der Waals surface area (Å²) in [6, 6.07) is 20.2. The Morgan fingerprint density at radius 3 is 2.32 bits per heavy atom. The lowest BCUT2D eigenvalue weighted by molar-refractivity contribution is -0.384. The summed E-state index contributed by atoms with van der Waals surface area (Å²) in [5, 5.41) is 12.4. The number of hydrogen-bond donors (Lipinski definition) is 1. The van der Waals surface area contributed by atoms with Crippen LogP contribution in [-0.4, -0.2) is 30.0 Å². The Bertz CT molecular complexity index is 1270. The average molecular weight is 459 g/mol. The highest BCUT2D eigenvalue weighted by Gasteiger charge is 2.34. The molecule has 172 valence electrons. The molecule has 0 bridgehead atoms. The second kappa shape index (κ2) is 9.86. The van der Waals surface area contributed by atoms with Crippen LogP contribution < -0.4 is 19.9 Å². The molecule has 0 spiro atoms. The van der Waals surface area contributed by atoms with Crippen molar-refractivity contribution in [1.82, 2.24) is 5.43 Å². The summed E-state index contributed by atoms with van der Waals surface area (Å²) in [5.41, 5.74) is 3.86. The zero-order chi connectivity index (χ0) is 24.1. The van der Waals surface area contributed by atoms with Gasteiger partial charge in [-0.1, -0.05) is 36.4 Å². The van der Waals surface area contributed by atoms with Crippen LogP contribution in [0.2, 0.25) is 0 Å². The second-order valence-electron chi connectivity index (χ2n) is 7.42. The number of carbonyl (C=O) groups is 2. The number of anilines is 1. The van der Waals surface area contributed by atoms with E-state index >= 15 is 0 Å². The molecular weight excluding hydrogens is 438 g/mol. The van der Waals surface area contributed by atoms with Crippen molar-refractivity contribution in [2.24, 2.45) is 0 Å². The van der Waals surface area contributed by atoms with Crippen LogP contribution in [0.4, 0.5) is 11.4 Å². The number of nitrogens with one attached hydrogen (secondary N) is 1. The first-order chi connectivity index (χ1) is 16.4. The fraction of sp³-hybridized carbons (Fsp3) is 0.120. The predicted molar refractivity (Wildman–Crippen MR) is 125 cm³/mol. The molecular formula is C25H21N3O6. The Morgan fingerprint density at radius 1 is 0.941 bits per heavy atom. The lowest BCUT2D eigenvalue weighted by atomic mass is 10.1. The number of hydrazine groups is 1. The number of ether oxygens (including phenoxy) is 2. The van der Waals surface area contributed by atoms with Crippen molar-refractivity contribution in [1.29, 1.82) is 0 Å². The number of benzene rings is 3. The van der Waals surface area contributed by atoms with Crippen LogP contribution in [0.25, 0.3) is 6.08 Å². The maximum atomic E-state index is 12.9. The molecule has 0 aliphatic carbocycles. The Labute approximate surface area is 195 Å². The molecule has 0 unspecified atom stereocenters. The number of hydrogen-bond acceptors (Lipinski definition) is 6. The number of aryl methyl sites for hydroxylation is 1. The Morgan fingerprint density at radius 2 is 1.62 bits per heavy atom. The quantitative estimate of drug-likeness (QED) is 0.180. The van der Waals surface area contributed by atoms with Gasteiger partial charge in [0.15, 0.2) is 0 Å². The zero-order valence-electron chi connectivity index (χ0n) is 18.3. The maximum Gasteiger partial charge on any atom is 0.282 e. The van der Waals surface area contributed by atoms with E-state index in [1.165, 1.54) is 24.3 Å². The van der Waals surface area contributed by atoms with Crippen LogP contribution in [0.3, 0.4) is 0 Å². The molecule has 1 fully saturated rings. The lowest BCUT2D eigenvalue weighted by Gasteiger charge is -2.14. The van der Waals surface area contributed by atoms with Crippen molar-refractivity contribution in [2.45, 2.75) is 6.92 Å². The summed E-state index contributed by atoms with van der Waals surface area (Å²) in [4.78, 5) is 36.1. The van der Waals surface area contributed by atoms with E-state index in [0.717, 1.165) is 16.3 Å². The minimum Gasteiger partial charge on any atom is -0.490 e. The number of amides is 2. The van der Waals surface area contributed by atoms with Gasteiger partial charge in [0, 0.05) is 17.7 Å². The van der Waals surface area contributed by atoms with Crippen LogP contribution in [-0.2, 0) is 9.59 Å². The smallest absolute Gasteiger partial charge is 0.282 e. The van der Waals surface area contributed by atoms with Crippen molar-refractivity contribution in [3.63, 3.8) is 0 Å². The van der Waals surface area contributed by atoms with Crippen LogP contribution >= 0.6 is 0 Å². The third kappa shape index (κ3) is 4.88. The Hall–Kier alpha value is -4.66. The van der Waals surface area contributed by atoms with E-state index in [-0.39, 0.29) is 35.8 Å². The number of rotatable bonds is 8. The van der Waals surface area contributed by atoms with Crippen LogP contribution in [0.15, 0.2) is 78.4 Å². The van der Waals surface area contributed by atoms with E-state index in [9.17, 15) is 19.7 Å². The first kappa shape index (κ1) is 22.5. The fourth-order valence-corrected chi connectivity index (χ4v) is 3.39. The number of non-ortho nitro benzene ring substituents is 1. The van der Waals surface area contributed by atoms with Crippen LogP contribution in [0, 0.1) is 17.0 Å². The molecule has 3 aromatic carbocycles. The van der Waals surface area contributed by atoms with E-state index < -0.39 is 16.7 Å². The number of para-hydroxylation sites is 2. The lowest BCUT2D eigenvalue weighted by Crippen LogP contribution is -2.35. The Kier molecular flexibility index (Phi) is 6.54. The van der Waals surface area contributed by atoms with Crippen molar-refractivity contribution in [3.05, 3.63) is 99.6 Å². The molecule has 1 aliphatic rings. The molecule has 0 saturated carbocycles. The monoisotopic (exact) mass is 459 g/mol. The van der Waals surface area contributed by atoms with Gasteiger partial charge in [0.25, 0.3) is 17.5 Å². The molecule has 4 rings (SSSR count). The molecule has 1 heterocycles. The minimum absolute atomic E-state index is 0.151. The van der Waals surface area contributed by atoms with Crippen molar-refractivity contribution in [2.75, 3.05) is 18.2 Å². The fourth-order valence-electron chi connectivity index (χ4n) is 3.39. The number of nitrogens with zero attached hydrogens (tertiary/aromatic N) is 2. The van der Waals surface area contributed by atoms with E-state index in [4.69, 9.17) is 9.47 Å². The first-order valence-electron chi connectivity index (χ1n) is 10.5. The minimum atomic E-state index is -0.616. The summed E-state index contributed by atoms with van der Waals surface area (Å²) in [7, 11) is 0. The van der Waals surface area contributed by atoms with Crippen molar-refractivity contribution in [3.8, 4) is 11.5 Å². The molecule has 1 saturated heterocycles. The highest BCUT2D eigenvalue weighted by molar-refractivity contribution is 6.31. The van der Waals surface area contributed by atoms with Gasteiger partial charge >= 0.3 is 0 Å². The van der Waals surface area contributed by atoms with Crippen LogP contribution in [0.1, 0.15) is 11.1 Å². The molecule has 3 aromatic rings. The SMILES string of the molecule is Cc1ccccc1OCCOc1ccc([N+](=O)[O-])cc1C=C1C(=O)NN(c2ccccc2)C1=O. The van der Waals surface area contributed by atoms with E-state index in [2.05, 4.69) is 5.43 Å². The standard InChI is InChI=1S/C25H21N3O6/c1-17-7-5-6-10-22(17)33-13-14-34-23-12-11-20(28(31)32)15-18(23)16-21-24(29)26-27(25(21)30)19-8-3-2-4-9-19/h2-12,15-16H,13-14H2,1H3,(H,26,29). The molecule has 9 heteroatoms. The first-order valence-corrected chi connectivity index (χ1v) is 10.5. The van der Waals surface area contributed by atoms with Gasteiger partial charge in [0.05, 0.1) is 10.6 Å². The summed E-state index contributed by atoms with van der Waals surface area (Å²) in [6.07, 6.45) is 1.30. The zero-order valence-corrected chi connectivity index (χ0v) is 18.3. The van der Waals surface area contributed by atoms with E-state index in [0.29, 0.717) is 5.69 Å². The molecule has 1 N–H and O–H groups in total. The average Bonchev–Trinajstić information content (AvgIpc) is 3.12. The van der Waals surface area contributed by atoms with Gasteiger partial charge < -0.3 is 9.47 Å². The number of nitro benzene ring substituents is 1. The van der Waals surface area contributed by atoms with Gasteiger partial charge in [-0.05, 0) is 42.8 Å². The van der Waals surface area contributed by atoms with Gasteiger partial charge in [-0.3, -0.25) is 25.1 Å². The molecule has 34 heavy (non-hydrogen) atoms. The molecule has 0 atom stereocenters. The number of carbonyl (C=O) groups excluding carboxylic acids is 2. The van der Waals surface area contributed by atoms with Crippen molar-refractivity contribution >= 4 is 29.3 Å². The third-order valence-electron chi connectivity index (χ3n) is 5.10. The summed E-state index contributed by atoms with van der Waals surface area (Å²) < 4.78 is 11.5. The van der Waals surface area contributed by atoms with Gasteiger partial charge in [-0.25, -0.2) is 5.01 Å². The third-order valence-corrected chi connectivity index (χ3v) is 5.10. The molecule has 1 aliphatic heterocycles. The van der Waals surface area contributed by atoms with Gasteiger partial charge in [0.2, 0.25) is 0 Å². The molecule has 0 radical (unpaired) electrons. The normalized spacial score (nSPS) is 14.3. The van der Waals surface area contributed by atoms with Gasteiger partial charge in [-0.15, -0.1) is 0 Å². The largest absolute Gasteiger partial charge is 0.490 e. The topological polar surface area (TPSA) is 111 Å². The highest BCUT2D eigenvalue weighted by atomic mass is 16.6. The Balaban J connectivity index is 1.55. The summed E-state index contributed by atoms with van der Waals surface area (Å²) in [5.74, 6) is -0.178. The van der Waals surface area contributed by atoms with Gasteiger partial charge in [0.1, 0.15) is 30.3 Å². The van der Waals surface area contributed by atoms with Gasteiger partial charge in [-0.2, -0.15) is 0 Å². The van der Waals surface area contributed by atoms with Crippen molar-refractivity contribution < 1.29 is 24.0 Å². The second-order valence-corrected chi connectivity index (χ2v) is 7.42. The molecule has 9 nitrogen and oxygen atoms in total. The number of nitro groups is 1. The molecule has 0 aromatic heterocycles. The predicted octanol–water partition coefficient (Wildman–Crippen LogP) is 3.82. The van der Waals surface area contributed by atoms with Crippen LogP contribution in [0.5, 0.6) is 11.5 Å². The highest BCUT2D eigenvalue weighted by Crippen LogP contribution is 2.29. The van der Waals surface area contributed by atoms with E-state index in [1.807, 2.05) is 31.2 Å². The molecule has 2 amide bonds. The van der Waals surface area contributed by atoms with E-state index in [1.54, 1.807) is 30.3 Å².